The van der Waals surface area contributed by atoms with Crippen LogP contribution in [0.1, 0.15) is 28.9 Å². The summed E-state index contributed by atoms with van der Waals surface area (Å²) >= 11 is 5.71. The van der Waals surface area contributed by atoms with Crippen molar-refractivity contribution in [2.24, 2.45) is 0 Å². The van der Waals surface area contributed by atoms with Crippen LogP contribution in [-0.4, -0.2) is 15.8 Å². The number of amides is 1. The Hall–Kier alpha value is -3.00. The first-order valence-electron chi connectivity index (χ1n) is 6.78. The van der Waals surface area contributed by atoms with E-state index in [9.17, 15) is 25.0 Å². The summed E-state index contributed by atoms with van der Waals surface area (Å²) in [4.78, 5) is 32.9. The predicted molar refractivity (Wildman–Crippen MR) is 87.1 cm³/mol. The van der Waals surface area contributed by atoms with Gasteiger partial charge in [-0.05, 0) is 24.6 Å². The van der Waals surface area contributed by atoms with Crippen molar-refractivity contribution in [2.75, 3.05) is 0 Å². The normalized spacial score (nSPS) is 11.6. The van der Waals surface area contributed by atoms with Crippen LogP contribution in [-0.2, 0) is 0 Å². The fourth-order valence-corrected chi connectivity index (χ4v) is 2.28. The zero-order valence-electron chi connectivity index (χ0n) is 12.4. The van der Waals surface area contributed by atoms with Gasteiger partial charge in [-0.25, -0.2) is 0 Å². The predicted octanol–water partition coefficient (Wildman–Crippen LogP) is 3.65. The molecule has 0 aliphatic heterocycles. The zero-order valence-corrected chi connectivity index (χ0v) is 13.2. The molecule has 124 valence electrons. The molecule has 0 aliphatic carbocycles. The van der Waals surface area contributed by atoms with E-state index >= 15 is 0 Å². The number of rotatable bonds is 5. The lowest BCUT2D eigenvalue weighted by atomic mass is 10.1. The minimum Gasteiger partial charge on any atom is -0.345 e. The molecule has 0 radical (unpaired) electrons. The molecule has 9 heteroatoms. The van der Waals surface area contributed by atoms with Crippen LogP contribution in [0.4, 0.5) is 11.4 Å². The average molecular weight is 350 g/mol. The number of nitrogens with zero attached hydrogens (tertiary/aromatic N) is 2. The summed E-state index contributed by atoms with van der Waals surface area (Å²) < 4.78 is 0. The van der Waals surface area contributed by atoms with Crippen molar-refractivity contribution in [3.63, 3.8) is 0 Å². The van der Waals surface area contributed by atoms with Crippen LogP contribution in [0.2, 0.25) is 5.02 Å². The van der Waals surface area contributed by atoms with Gasteiger partial charge < -0.3 is 5.32 Å². The van der Waals surface area contributed by atoms with Gasteiger partial charge in [0.25, 0.3) is 17.3 Å². The minimum absolute atomic E-state index is 0.105. The highest BCUT2D eigenvalue weighted by Crippen LogP contribution is 2.24. The molecule has 2 aromatic carbocycles. The number of nitro groups is 2. The van der Waals surface area contributed by atoms with Crippen LogP contribution >= 0.6 is 11.6 Å². The summed E-state index contributed by atoms with van der Waals surface area (Å²) in [7, 11) is 0. The summed E-state index contributed by atoms with van der Waals surface area (Å²) in [6.45, 7) is 1.62. The highest BCUT2D eigenvalue weighted by atomic mass is 35.5. The van der Waals surface area contributed by atoms with E-state index in [0.29, 0.717) is 5.56 Å². The Bertz CT molecular complexity index is 825. The molecule has 8 nitrogen and oxygen atoms in total. The molecule has 1 atom stereocenters. The van der Waals surface area contributed by atoms with Crippen molar-refractivity contribution in [1.29, 1.82) is 0 Å². The van der Waals surface area contributed by atoms with Crippen LogP contribution in [0.3, 0.4) is 0 Å². The number of hydrogen-bond donors (Lipinski definition) is 1. The van der Waals surface area contributed by atoms with Crippen LogP contribution in [0.5, 0.6) is 0 Å². The first kappa shape index (κ1) is 17.4. The topological polar surface area (TPSA) is 115 Å². The molecule has 0 saturated heterocycles. The Morgan fingerprint density at radius 3 is 2.46 bits per heavy atom. The lowest BCUT2D eigenvalue weighted by molar-refractivity contribution is -0.385. The maximum Gasteiger partial charge on any atom is 0.283 e. The number of hydrogen-bond acceptors (Lipinski definition) is 5. The molecule has 2 aromatic rings. The molecule has 0 fully saturated rings. The Labute approximate surface area is 141 Å². The van der Waals surface area contributed by atoms with Gasteiger partial charge >= 0.3 is 0 Å². The number of benzene rings is 2. The quantitative estimate of drug-likeness (QED) is 0.653. The lowest BCUT2D eigenvalue weighted by Crippen LogP contribution is -2.27. The number of nitrogens with one attached hydrogen (secondary N) is 1. The molecular formula is C15H12ClN3O5. The van der Waals surface area contributed by atoms with E-state index in [2.05, 4.69) is 5.32 Å². The van der Waals surface area contributed by atoms with Gasteiger partial charge in [0.1, 0.15) is 5.56 Å². The molecule has 0 bridgehead atoms. The lowest BCUT2D eigenvalue weighted by Gasteiger charge is -2.14. The monoisotopic (exact) mass is 349 g/mol. The molecule has 0 unspecified atom stereocenters. The molecule has 2 rings (SSSR count). The Balaban J connectivity index is 2.25. The SMILES string of the molecule is C[C@H](NC(=O)c1ccc(Cl)cc1[N+](=O)[O-])c1cccc([N+](=O)[O-])c1. The van der Waals surface area contributed by atoms with Crippen molar-refractivity contribution in [2.45, 2.75) is 13.0 Å². The Kier molecular flexibility index (Phi) is 5.10. The molecule has 0 spiro atoms. The number of carbonyl (C=O) groups is 1. The molecule has 24 heavy (non-hydrogen) atoms. The van der Waals surface area contributed by atoms with Crippen LogP contribution < -0.4 is 5.32 Å². The standard InChI is InChI=1S/C15H12ClN3O5/c1-9(10-3-2-4-12(7-10)18(21)22)17-15(20)13-6-5-11(16)8-14(13)19(23)24/h2-9H,1H3,(H,17,20)/t9-/m0/s1. The third kappa shape index (κ3) is 3.85. The van der Waals surface area contributed by atoms with Crippen LogP contribution in [0, 0.1) is 20.2 Å². The molecule has 0 heterocycles. The van der Waals surface area contributed by atoms with Crippen molar-refractivity contribution < 1.29 is 14.6 Å². The highest BCUT2D eigenvalue weighted by Gasteiger charge is 2.22. The summed E-state index contributed by atoms with van der Waals surface area (Å²) in [5.74, 6) is -0.669. The first-order chi connectivity index (χ1) is 11.3. The summed E-state index contributed by atoms with van der Waals surface area (Å²) in [6.07, 6.45) is 0. The van der Waals surface area contributed by atoms with Gasteiger partial charge in [0.2, 0.25) is 0 Å². The van der Waals surface area contributed by atoms with Gasteiger partial charge in [-0.3, -0.25) is 25.0 Å². The number of non-ortho nitro benzene ring substituents is 1. The molecule has 0 saturated carbocycles. The number of halogens is 1. The maximum atomic E-state index is 12.3. The van der Waals surface area contributed by atoms with Gasteiger partial charge in [0.15, 0.2) is 0 Å². The Morgan fingerprint density at radius 1 is 1.12 bits per heavy atom. The Morgan fingerprint density at radius 2 is 1.83 bits per heavy atom. The molecule has 1 amide bonds. The van der Waals surface area contributed by atoms with E-state index in [-0.39, 0.29) is 16.3 Å². The van der Waals surface area contributed by atoms with Gasteiger partial charge in [0, 0.05) is 23.2 Å². The van der Waals surface area contributed by atoms with Crippen LogP contribution in [0.25, 0.3) is 0 Å². The zero-order chi connectivity index (χ0) is 17.9. The minimum atomic E-state index is -0.696. The van der Waals surface area contributed by atoms with Gasteiger partial charge in [0.05, 0.1) is 15.9 Å². The van der Waals surface area contributed by atoms with Crippen molar-refractivity contribution >= 4 is 28.9 Å². The summed E-state index contributed by atoms with van der Waals surface area (Å²) in [6, 6.07) is 8.94. The fraction of sp³-hybridized carbons (Fsp3) is 0.133. The van der Waals surface area contributed by atoms with E-state index in [1.165, 1.54) is 30.3 Å². The smallest absolute Gasteiger partial charge is 0.283 e. The van der Waals surface area contributed by atoms with Gasteiger partial charge in [-0.2, -0.15) is 0 Å². The van der Waals surface area contributed by atoms with E-state index in [4.69, 9.17) is 11.6 Å². The second kappa shape index (κ2) is 7.05. The average Bonchev–Trinajstić information content (AvgIpc) is 2.54. The van der Waals surface area contributed by atoms with E-state index < -0.39 is 27.5 Å². The second-order valence-electron chi connectivity index (χ2n) is 4.97. The third-order valence-corrected chi connectivity index (χ3v) is 3.56. The van der Waals surface area contributed by atoms with E-state index in [1.54, 1.807) is 13.0 Å². The van der Waals surface area contributed by atoms with Crippen molar-refractivity contribution in [3.05, 3.63) is 78.8 Å². The number of carbonyl (C=O) groups excluding carboxylic acids is 1. The highest BCUT2D eigenvalue weighted by molar-refractivity contribution is 6.31. The molecular weight excluding hydrogens is 338 g/mol. The van der Waals surface area contributed by atoms with Crippen molar-refractivity contribution in [1.82, 2.24) is 5.32 Å². The molecule has 1 N–H and O–H groups in total. The maximum absolute atomic E-state index is 12.3. The fourth-order valence-electron chi connectivity index (χ4n) is 2.11. The third-order valence-electron chi connectivity index (χ3n) is 3.33. The number of nitro benzene ring substituents is 2. The van der Waals surface area contributed by atoms with Crippen LogP contribution in [0.15, 0.2) is 42.5 Å². The molecule has 0 aliphatic rings. The van der Waals surface area contributed by atoms with Gasteiger partial charge in [-0.15, -0.1) is 0 Å². The summed E-state index contributed by atoms with van der Waals surface area (Å²) in [5.41, 5.74) is -0.145. The first-order valence-corrected chi connectivity index (χ1v) is 7.16. The second-order valence-corrected chi connectivity index (χ2v) is 5.40. The van der Waals surface area contributed by atoms with E-state index in [1.807, 2.05) is 0 Å². The largest absolute Gasteiger partial charge is 0.345 e. The van der Waals surface area contributed by atoms with Crippen molar-refractivity contribution in [3.8, 4) is 0 Å². The summed E-state index contributed by atoms with van der Waals surface area (Å²) in [5, 5.41) is 24.6. The van der Waals surface area contributed by atoms with E-state index in [0.717, 1.165) is 6.07 Å². The molecule has 0 aromatic heterocycles. The van der Waals surface area contributed by atoms with Gasteiger partial charge in [-0.1, -0.05) is 23.7 Å².